The van der Waals surface area contributed by atoms with Crippen molar-refractivity contribution in [2.75, 3.05) is 13.1 Å². The molecule has 0 radical (unpaired) electrons. The maximum Gasteiger partial charge on any atom is 0.242 e. The van der Waals surface area contributed by atoms with E-state index in [-0.39, 0.29) is 18.4 Å². The van der Waals surface area contributed by atoms with Gasteiger partial charge in [0.1, 0.15) is 0 Å². The van der Waals surface area contributed by atoms with Crippen LogP contribution >= 0.6 is 11.3 Å². The summed E-state index contributed by atoms with van der Waals surface area (Å²) in [7, 11) is 0. The molecule has 2 rings (SSSR count). The maximum absolute atomic E-state index is 13.2. The van der Waals surface area contributed by atoms with Crippen molar-refractivity contribution in [1.82, 2.24) is 9.80 Å². The van der Waals surface area contributed by atoms with Crippen LogP contribution in [0.4, 0.5) is 0 Å². The average molecular weight is 401 g/mol. The summed E-state index contributed by atoms with van der Waals surface area (Å²) in [5, 5.41) is 0. The molecule has 0 aliphatic rings. The van der Waals surface area contributed by atoms with Crippen LogP contribution in [0.3, 0.4) is 0 Å². The zero-order chi connectivity index (χ0) is 20.5. The molecule has 0 fully saturated rings. The fourth-order valence-electron chi connectivity index (χ4n) is 3.04. The van der Waals surface area contributed by atoms with Crippen LogP contribution in [0.5, 0.6) is 0 Å². The zero-order valence-corrected chi connectivity index (χ0v) is 18.3. The van der Waals surface area contributed by atoms with Crippen LogP contribution < -0.4 is 0 Å². The van der Waals surface area contributed by atoms with Gasteiger partial charge in [-0.15, -0.1) is 11.3 Å². The second-order valence-corrected chi connectivity index (χ2v) is 8.76. The van der Waals surface area contributed by atoms with E-state index in [1.807, 2.05) is 42.2 Å². The molecule has 1 aromatic heterocycles. The third-order valence-electron chi connectivity index (χ3n) is 4.92. The van der Waals surface area contributed by atoms with Crippen LogP contribution in [0.1, 0.15) is 48.9 Å². The monoisotopic (exact) mass is 400 g/mol. The third kappa shape index (κ3) is 6.79. The highest BCUT2D eigenvalue weighted by Crippen LogP contribution is 2.19. The standard InChI is InChI=1S/C23H32N2O2S/c1-5-18(3)14-24(22(26)6-2)17-23(27)25(15-20-10-8-7-9-11-20)16-21-13-12-19(4)28-21/h7-13,18H,5-6,14-17H2,1-4H3. The normalized spacial score (nSPS) is 11.9. The number of hydrogen-bond donors (Lipinski definition) is 0. The largest absolute Gasteiger partial charge is 0.333 e. The van der Waals surface area contributed by atoms with Crippen molar-refractivity contribution in [3.8, 4) is 0 Å². The van der Waals surface area contributed by atoms with Gasteiger partial charge in [0.25, 0.3) is 0 Å². The minimum Gasteiger partial charge on any atom is -0.333 e. The summed E-state index contributed by atoms with van der Waals surface area (Å²) < 4.78 is 0. The Morgan fingerprint density at radius 2 is 1.68 bits per heavy atom. The van der Waals surface area contributed by atoms with Crippen LogP contribution in [0.25, 0.3) is 0 Å². The second-order valence-electron chi connectivity index (χ2n) is 7.39. The van der Waals surface area contributed by atoms with Crippen molar-refractivity contribution in [3.05, 3.63) is 57.8 Å². The average Bonchev–Trinajstić information content (AvgIpc) is 3.11. The predicted octanol–water partition coefficient (Wildman–Crippen LogP) is 4.87. The van der Waals surface area contributed by atoms with E-state index in [0.717, 1.165) is 16.9 Å². The van der Waals surface area contributed by atoms with Gasteiger partial charge < -0.3 is 9.80 Å². The second kappa shape index (κ2) is 11.0. The first-order chi connectivity index (χ1) is 13.4. The van der Waals surface area contributed by atoms with Gasteiger partial charge >= 0.3 is 0 Å². The molecular formula is C23H32N2O2S. The SMILES string of the molecule is CCC(=O)N(CC(=O)N(Cc1ccccc1)Cc1ccc(C)s1)CC(C)CC. The molecule has 2 aromatic rings. The van der Waals surface area contributed by atoms with Crippen molar-refractivity contribution < 1.29 is 9.59 Å². The molecule has 1 unspecified atom stereocenters. The molecule has 0 spiro atoms. The van der Waals surface area contributed by atoms with Crippen molar-refractivity contribution in [2.45, 2.75) is 53.6 Å². The minimum atomic E-state index is 0.00000850. The topological polar surface area (TPSA) is 40.6 Å². The third-order valence-corrected chi connectivity index (χ3v) is 5.91. The fraction of sp³-hybridized carbons (Fsp3) is 0.478. The first kappa shape index (κ1) is 22.2. The summed E-state index contributed by atoms with van der Waals surface area (Å²) in [5.74, 6) is 0.422. The molecule has 0 N–H and O–H groups in total. The summed E-state index contributed by atoms with van der Waals surface area (Å²) in [6, 6.07) is 14.2. The van der Waals surface area contributed by atoms with E-state index >= 15 is 0 Å². The Bertz CT molecular complexity index is 757. The van der Waals surface area contributed by atoms with E-state index in [4.69, 9.17) is 0 Å². The number of amides is 2. The van der Waals surface area contributed by atoms with Crippen molar-refractivity contribution in [3.63, 3.8) is 0 Å². The zero-order valence-electron chi connectivity index (χ0n) is 17.5. The molecule has 5 heteroatoms. The van der Waals surface area contributed by atoms with Crippen LogP contribution in [0.15, 0.2) is 42.5 Å². The molecule has 28 heavy (non-hydrogen) atoms. The van der Waals surface area contributed by atoms with E-state index in [1.54, 1.807) is 16.2 Å². The summed E-state index contributed by atoms with van der Waals surface area (Å²) in [5.41, 5.74) is 1.10. The Morgan fingerprint density at radius 1 is 0.964 bits per heavy atom. The highest BCUT2D eigenvalue weighted by atomic mass is 32.1. The molecule has 0 bridgehead atoms. The van der Waals surface area contributed by atoms with Gasteiger partial charge in [-0.25, -0.2) is 0 Å². The highest BCUT2D eigenvalue weighted by Gasteiger charge is 2.22. The van der Waals surface area contributed by atoms with Gasteiger partial charge in [0.05, 0.1) is 13.1 Å². The van der Waals surface area contributed by atoms with Crippen LogP contribution in [-0.4, -0.2) is 34.7 Å². The van der Waals surface area contributed by atoms with Gasteiger partial charge in [-0.1, -0.05) is 57.5 Å². The summed E-state index contributed by atoms with van der Waals surface area (Å²) >= 11 is 1.71. The quantitative estimate of drug-likeness (QED) is 0.571. The summed E-state index contributed by atoms with van der Waals surface area (Å²) in [6.07, 6.45) is 1.41. The van der Waals surface area contributed by atoms with Gasteiger partial charge in [0.15, 0.2) is 0 Å². The molecule has 0 aliphatic heterocycles. The number of carbonyl (C=O) groups excluding carboxylic acids is 2. The van der Waals surface area contributed by atoms with E-state index in [9.17, 15) is 9.59 Å². The van der Waals surface area contributed by atoms with Gasteiger partial charge in [-0.05, 0) is 30.5 Å². The molecule has 4 nitrogen and oxygen atoms in total. The van der Waals surface area contributed by atoms with Crippen molar-refractivity contribution in [1.29, 1.82) is 0 Å². The Balaban J connectivity index is 2.16. The molecule has 152 valence electrons. The lowest BCUT2D eigenvalue weighted by molar-refractivity contribution is -0.141. The lowest BCUT2D eigenvalue weighted by Gasteiger charge is -2.29. The highest BCUT2D eigenvalue weighted by molar-refractivity contribution is 7.11. The van der Waals surface area contributed by atoms with Gasteiger partial charge in [-0.3, -0.25) is 9.59 Å². The first-order valence-corrected chi connectivity index (χ1v) is 10.9. The number of hydrogen-bond acceptors (Lipinski definition) is 3. The molecule has 2 amide bonds. The fourth-order valence-corrected chi connectivity index (χ4v) is 3.95. The first-order valence-electron chi connectivity index (χ1n) is 10.1. The van der Waals surface area contributed by atoms with Crippen LogP contribution in [0, 0.1) is 12.8 Å². The number of carbonyl (C=O) groups is 2. The van der Waals surface area contributed by atoms with Crippen molar-refractivity contribution >= 4 is 23.2 Å². The number of aryl methyl sites for hydroxylation is 1. The summed E-state index contributed by atoms with van der Waals surface area (Å²) in [6.45, 7) is 10.1. The van der Waals surface area contributed by atoms with Gasteiger partial charge in [0.2, 0.25) is 11.8 Å². The predicted molar refractivity (Wildman–Crippen MR) is 116 cm³/mol. The lowest BCUT2D eigenvalue weighted by Crippen LogP contribution is -2.43. The Hall–Kier alpha value is -2.14. The Morgan fingerprint density at radius 3 is 2.25 bits per heavy atom. The van der Waals surface area contributed by atoms with E-state index in [2.05, 4.69) is 32.9 Å². The van der Waals surface area contributed by atoms with E-state index < -0.39 is 0 Å². The van der Waals surface area contributed by atoms with Crippen molar-refractivity contribution in [2.24, 2.45) is 5.92 Å². The molecule has 0 saturated heterocycles. The molecular weight excluding hydrogens is 368 g/mol. The maximum atomic E-state index is 13.2. The number of rotatable bonds is 10. The molecule has 1 heterocycles. The smallest absolute Gasteiger partial charge is 0.242 e. The van der Waals surface area contributed by atoms with E-state index in [0.29, 0.717) is 32.0 Å². The molecule has 1 atom stereocenters. The number of benzene rings is 1. The van der Waals surface area contributed by atoms with Crippen LogP contribution in [0.2, 0.25) is 0 Å². The number of nitrogens with zero attached hydrogens (tertiary/aromatic N) is 2. The lowest BCUT2D eigenvalue weighted by atomic mass is 10.1. The van der Waals surface area contributed by atoms with Crippen LogP contribution in [-0.2, 0) is 22.7 Å². The molecule has 0 aliphatic carbocycles. The van der Waals surface area contributed by atoms with Gasteiger partial charge in [0, 0.05) is 29.3 Å². The minimum absolute atomic E-state index is 0.00000850. The summed E-state index contributed by atoms with van der Waals surface area (Å²) in [4.78, 5) is 31.6. The van der Waals surface area contributed by atoms with Gasteiger partial charge in [-0.2, -0.15) is 0 Å². The van der Waals surface area contributed by atoms with E-state index in [1.165, 1.54) is 4.88 Å². The number of thiophene rings is 1. The molecule has 1 aromatic carbocycles. The molecule has 0 saturated carbocycles. The Labute approximate surface area is 173 Å². The Kier molecular flexibility index (Phi) is 8.71.